The first-order chi connectivity index (χ1) is 13.5. The molecule has 0 heterocycles. The molecule has 0 spiro atoms. The minimum Gasteiger partial charge on any atom is -0.373 e. The fourth-order valence-corrected chi connectivity index (χ4v) is 5.83. The van der Waals surface area contributed by atoms with Gasteiger partial charge in [0.15, 0.2) is 0 Å². The van der Waals surface area contributed by atoms with Crippen LogP contribution < -0.4 is 0 Å². The molecule has 0 amide bonds. The van der Waals surface area contributed by atoms with Gasteiger partial charge in [0.1, 0.15) is 17.5 Å². The predicted molar refractivity (Wildman–Crippen MR) is 108 cm³/mol. The molecular weight excluding hydrogens is 385 g/mol. The first-order valence-electron chi connectivity index (χ1n) is 10.5. The maximum absolute atomic E-state index is 13.7. The van der Waals surface area contributed by atoms with E-state index >= 15 is 0 Å². The third kappa shape index (κ3) is 9.07. The van der Waals surface area contributed by atoms with Gasteiger partial charge in [-0.1, -0.05) is 33.6 Å². The van der Waals surface area contributed by atoms with Gasteiger partial charge in [0.05, 0.1) is 0 Å². The summed E-state index contributed by atoms with van der Waals surface area (Å²) in [6.45, 7) is 8.07. The fourth-order valence-electron chi connectivity index (χ4n) is 2.92. The molecule has 0 N–H and O–H groups in total. The van der Waals surface area contributed by atoms with E-state index in [2.05, 4.69) is 20.8 Å². The molecule has 1 rings (SSSR count). The topological polar surface area (TPSA) is 27.7 Å². The van der Waals surface area contributed by atoms with E-state index in [4.69, 9.17) is 13.3 Å². The van der Waals surface area contributed by atoms with Crippen LogP contribution in [0.3, 0.4) is 0 Å². The zero-order valence-electron chi connectivity index (χ0n) is 17.5. The van der Waals surface area contributed by atoms with Gasteiger partial charge < -0.3 is 13.3 Å². The number of benzene rings is 1. The Labute approximate surface area is 168 Å². The second-order valence-corrected chi connectivity index (χ2v) is 9.72. The Bertz CT molecular complexity index is 513. The standard InChI is InChI=1S/C21H35F3O3Si/c1-4-12-25-28(26-13-5-2,27-14-6-3)15-10-8-7-9-11-19-20(23)16-18(22)17-21(19)24/h16-17H,4-15H2,1-3H3. The average Bonchev–Trinajstić information content (AvgIpc) is 2.66. The molecule has 0 radical (unpaired) electrons. The second kappa shape index (κ2) is 14.1. The number of halogens is 3. The van der Waals surface area contributed by atoms with Crippen molar-refractivity contribution in [1.29, 1.82) is 0 Å². The van der Waals surface area contributed by atoms with Crippen LogP contribution >= 0.6 is 0 Å². The van der Waals surface area contributed by atoms with Crippen LogP contribution in [-0.2, 0) is 19.7 Å². The zero-order valence-corrected chi connectivity index (χ0v) is 18.5. The van der Waals surface area contributed by atoms with Crippen LogP contribution in [0.5, 0.6) is 0 Å². The molecule has 0 aliphatic rings. The van der Waals surface area contributed by atoms with Gasteiger partial charge in [-0.05, 0) is 38.5 Å². The molecule has 3 nitrogen and oxygen atoms in total. The number of unbranched alkanes of at least 4 members (excludes halogenated alkanes) is 3. The van der Waals surface area contributed by atoms with Gasteiger partial charge in [0, 0.05) is 43.6 Å². The van der Waals surface area contributed by atoms with Crippen LogP contribution in [0.2, 0.25) is 6.04 Å². The molecular formula is C21H35F3O3Si. The van der Waals surface area contributed by atoms with Gasteiger partial charge in [-0.2, -0.15) is 0 Å². The molecule has 162 valence electrons. The molecule has 1 aromatic carbocycles. The molecule has 0 saturated carbocycles. The Morgan fingerprint density at radius 2 is 1.18 bits per heavy atom. The van der Waals surface area contributed by atoms with Crippen LogP contribution in [0.15, 0.2) is 12.1 Å². The van der Waals surface area contributed by atoms with Gasteiger partial charge in [-0.3, -0.25) is 0 Å². The van der Waals surface area contributed by atoms with Gasteiger partial charge in [0.25, 0.3) is 0 Å². The number of hydrogen-bond acceptors (Lipinski definition) is 3. The Morgan fingerprint density at radius 1 is 0.714 bits per heavy atom. The smallest absolute Gasteiger partial charge is 0.373 e. The summed E-state index contributed by atoms with van der Waals surface area (Å²) in [7, 11) is -2.67. The largest absolute Gasteiger partial charge is 0.500 e. The quantitative estimate of drug-likeness (QED) is 0.228. The lowest BCUT2D eigenvalue weighted by atomic mass is 10.1. The molecule has 0 fully saturated rings. The van der Waals surface area contributed by atoms with Crippen molar-refractivity contribution in [2.45, 2.75) is 78.2 Å². The summed E-state index contributed by atoms with van der Waals surface area (Å²) in [6, 6.07) is 2.23. The third-order valence-corrected chi connectivity index (χ3v) is 7.24. The number of hydrogen-bond donors (Lipinski definition) is 0. The Balaban J connectivity index is 2.47. The Kier molecular flexibility index (Phi) is 12.7. The van der Waals surface area contributed by atoms with Crippen molar-refractivity contribution in [2.24, 2.45) is 0 Å². The van der Waals surface area contributed by atoms with E-state index in [9.17, 15) is 13.2 Å². The summed E-state index contributed by atoms with van der Waals surface area (Å²) < 4.78 is 58.5. The number of rotatable bonds is 16. The highest BCUT2D eigenvalue weighted by Gasteiger charge is 2.40. The summed E-state index contributed by atoms with van der Waals surface area (Å²) >= 11 is 0. The van der Waals surface area contributed by atoms with Gasteiger partial charge in [0.2, 0.25) is 0 Å². The molecule has 1 aromatic rings. The van der Waals surface area contributed by atoms with Crippen LogP contribution in [0.25, 0.3) is 0 Å². The second-order valence-electron chi connectivity index (χ2n) is 6.99. The van der Waals surface area contributed by atoms with Crippen molar-refractivity contribution >= 4 is 8.80 Å². The summed E-state index contributed by atoms with van der Waals surface area (Å²) in [4.78, 5) is 0. The first-order valence-corrected chi connectivity index (χ1v) is 12.5. The zero-order chi connectivity index (χ0) is 20.8. The van der Waals surface area contributed by atoms with E-state index in [1.54, 1.807) is 0 Å². The fraction of sp³-hybridized carbons (Fsp3) is 0.714. The summed E-state index contributed by atoms with van der Waals surface area (Å²) in [5.74, 6) is -2.50. The monoisotopic (exact) mass is 420 g/mol. The SMILES string of the molecule is CCCO[Si](CCCCCCc1c(F)cc(F)cc1F)(OCCC)OCCC. The molecule has 0 aliphatic heterocycles. The summed E-state index contributed by atoms with van der Waals surface area (Å²) in [5, 5.41) is 0. The molecule has 0 unspecified atom stereocenters. The van der Waals surface area contributed by atoms with E-state index in [-0.39, 0.29) is 12.0 Å². The van der Waals surface area contributed by atoms with Crippen molar-refractivity contribution in [1.82, 2.24) is 0 Å². The minimum atomic E-state index is -2.67. The van der Waals surface area contributed by atoms with Crippen LogP contribution in [-0.4, -0.2) is 28.6 Å². The maximum atomic E-state index is 13.7. The lowest BCUT2D eigenvalue weighted by Gasteiger charge is -2.29. The van der Waals surface area contributed by atoms with Crippen molar-refractivity contribution in [3.63, 3.8) is 0 Å². The van der Waals surface area contributed by atoms with Gasteiger partial charge in [-0.15, -0.1) is 0 Å². The minimum absolute atomic E-state index is 0.0334. The average molecular weight is 421 g/mol. The third-order valence-electron chi connectivity index (χ3n) is 4.34. The van der Waals surface area contributed by atoms with E-state index in [0.29, 0.717) is 26.2 Å². The molecule has 0 atom stereocenters. The van der Waals surface area contributed by atoms with Crippen LogP contribution in [0.4, 0.5) is 13.2 Å². The van der Waals surface area contributed by atoms with E-state index in [1.165, 1.54) is 0 Å². The predicted octanol–water partition coefficient (Wildman–Crippen LogP) is 6.43. The van der Waals surface area contributed by atoms with Crippen molar-refractivity contribution < 1.29 is 26.4 Å². The van der Waals surface area contributed by atoms with Crippen molar-refractivity contribution in [2.75, 3.05) is 19.8 Å². The van der Waals surface area contributed by atoms with E-state index in [1.807, 2.05) is 0 Å². The summed E-state index contributed by atoms with van der Waals surface area (Å²) in [6.07, 6.45) is 6.27. The highest BCUT2D eigenvalue weighted by Crippen LogP contribution is 2.22. The molecule has 0 saturated heterocycles. The molecule has 0 aliphatic carbocycles. The van der Waals surface area contributed by atoms with Gasteiger partial charge >= 0.3 is 8.80 Å². The first kappa shape index (κ1) is 25.1. The maximum Gasteiger partial charge on any atom is 0.500 e. The Hall–Kier alpha value is -0.893. The van der Waals surface area contributed by atoms with Crippen molar-refractivity contribution in [3.05, 3.63) is 35.1 Å². The summed E-state index contributed by atoms with van der Waals surface area (Å²) in [5.41, 5.74) is -0.0334. The normalized spacial score (nSPS) is 11.9. The van der Waals surface area contributed by atoms with Gasteiger partial charge in [-0.25, -0.2) is 13.2 Å². The lowest BCUT2D eigenvalue weighted by Crippen LogP contribution is -2.46. The lowest BCUT2D eigenvalue weighted by molar-refractivity contribution is 0.0586. The highest BCUT2D eigenvalue weighted by atomic mass is 28.4. The van der Waals surface area contributed by atoms with Crippen LogP contribution in [0, 0.1) is 17.5 Å². The van der Waals surface area contributed by atoms with Crippen LogP contribution in [0.1, 0.15) is 71.3 Å². The molecule has 0 bridgehead atoms. The van der Waals surface area contributed by atoms with E-state index in [0.717, 1.165) is 56.7 Å². The Morgan fingerprint density at radius 3 is 1.64 bits per heavy atom. The molecule has 7 heteroatoms. The van der Waals surface area contributed by atoms with E-state index < -0.39 is 26.3 Å². The highest BCUT2D eigenvalue weighted by molar-refractivity contribution is 6.60. The molecule has 0 aromatic heterocycles. The molecule has 28 heavy (non-hydrogen) atoms. The van der Waals surface area contributed by atoms with Crippen molar-refractivity contribution in [3.8, 4) is 0 Å².